The van der Waals surface area contributed by atoms with E-state index in [1.54, 1.807) is 6.07 Å². The number of H-pyrrole nitrogens is 2. The Labute approximate surface area is 166 Å². The first-order valence-electron chi connectivity index (χ1n) is 9.53. The second-order valence-corrected chi connectivity index (χ2v) is 6.88. The van der Waals surface area contributed by atoms with Crippen molar-refractivity contribution in [3.63, 3.8) is 0 Å². The SMILES string of the molecule is CCN(CCNC)c1ccc2nc(-c3c(N)c4c(F)cccc4[nH]c3=O)[nH]c2c1. The Bertz CT molecular complexity index is 1250. The summed E-state index contributed by atoms with van der Waals surface area (Å²) >= 11 is 0. The van der Waals surface area contributed by atoms with Gasteiger partial charge in [0.1, 0.15) is 17.2 Å². The molecule has 2 aromatic heterocycles. The fourth-order valence-corrected chi connectivity index (χ4v) is 3.60. The van der Waals surface area contributed by atoms with E-state index in [9.17, 15) is 9.18 Å². The number of hydrogen-bond acceptors (Lipinski definition) is 5. The third-order valence-corrected chi connectivity index (χ3v) is 5.11. The molecule has 4 aromatic rings. The zero-order valence-electron chi connectivity index (χ0n) is 16.3. The Kier molecular flexibility index (Phi) is 4.94. The van der Waals surface area contributed by atoms with Gasteiger partial charge in [-0.3, -0.25) is 4.79 Å². The van der Waals surface area contributed by atoms with Crippen molar-refractivity contribution in [2.45, 2.75) is 6.92 Å². The van der Waals surface area contributed by atoms with E-state index in [1.165, 1.54) is 12.1 Å². The molecule has 0 amide bonds. The second-order valence-electron chi connectivity index (χ2n) is 6.88. The number of nitrogens with zero attached hydrogens (tertiary/aromatic N) is 2. The Balaban J connectivity index is 1.83. The van der Waals surface area contributed by atoms with E-state index in [-0.39, 0.29) is 16.6 Å². The fraction of sp³-hybridized carbons (Fsp3) is 0.238. The number of anilines is 2. The monoisotopic (exact) mass is 394 g/mol. The van der Waals surface area contributed by atoms with Crippen molar-refractivity contribution in [3.05, 3.63) is 52.6 Å². The highest BCUT2D eigenvalue weighted by Crippen LogP contribution is 2.30. The molecule has 4 rings (SSSR count). The number of aromatic amines is 2. The Morgan fingerprint density at radius 1 is 1.21 bits per heavy atom. The van der Waals surface area contributed by atoms with Crippen LogP contribution in [0.15, 0.2) is 41.2 Å². The number of nitrogens with two attached hydrogens (primary N) is 1. The van der Waals surface area contributed by atoms with Gasteiger partial charge in [-0.25, -0.2) is 9.37 Å². The van der Waals surface area contributed by atoms with Crippen LogP contribution < -0.4 is 21.5 Å². The molecule has 5 N–H and O–H groups in total. The molecule has 0 unspecified atom stereocenters. The molecule has 0 spiro atoms. The van der Waals surface area contributed by atoms with Crippen molar-refractivity contribution in [1.29, 1.82) is 0 Å². The Morgan fingerprint density at radius 2 is 2.03 bits per heavy atom. The molecule has 0 aliphatic heterocycles. The highest BCUT2D eigenvalue weighted by molar-refractivity contribution is 5.98. The molecule has 2 heterocycles. The van der Waals surface area contributed by atoms with Gasteiger partial charge in [-0.1, -0.05) is 6.07 Å². The fourth-order valence-electron chi connectivity index (χ4n) is 3.60. The molecule has 0 fully saturated rings. The van der Waals surface area contributed by atoms with Gasteiger partial charge in [0.15, 0.2) is 0 Å². The number of hydrogen-bond donors (Lipinski definition) is 4. The first-order chi connectivity index (χ1) is 14.0. The third-order valence-electron chi connectivity index (χ3n) is 5.11. The summed E-state index contributed by atoms with van der Waals surface area (Å²) in [6.45, 7) is 4.71. The molecule has 7 nitrogen and oxygen atoms in total. The average Bonchev–Trinajstić information content (AvgIpc) is 3.11. The molecule has 150 valence electrons. The van der Waals surface area contributed by atoms with E-state index < -0.39 is 11.4 Å². The summed E-state index contributed by atoms with van der Waals surface area (Å²) in [4.78, 5) is 25.3. The number of nitrogens with one attached hydrogen (secondary N) is 3. The molecule has 0 aliphatic rings. The van der Waals surface area contributed by atoms with Crippen molar-refractivity contribution < 1.29 is 4.39 Å². The number of nitrogen functional groups attached to an aromatic ring is 1. The quantitative estimate of drug-likeness (QED) is 0.403. The van der Waals surface area contributed by atoms with E-state index >= 15 is 0 Å². The van der Waals surface area contributed by atoms with E-state index in [0.717, 1.165) is 30.8 Å². The normalized spacial score (nSPS) is 11.4. The minimum atomic E-state index is -0.487. The summed E-state index contributed by atoms with van der Waals surface area (Å²) in [5.74, 6) is -0.168. The summed E-state index contributed by atoms with van der Waals surface area (Å²) in [5, 5.41) is 3.34. The third kappa shape index (κ3) is 3.31. The van der Waals surface area contributed by atoms with Crippen molar-refractivity contribution in [1.82, 2.24) is 20.3 Å². The van der Waals surface area contributed by atoms with Crippen LogP contribution in [0.3, 0.4) is 0 Å². The number of pyridine rings is 1. The molecule has 2 aromatic carbocycles. The van der Waals surface area contributed by atoms with Gasteiger partial charge in [0.05, 0.1) is 27.6 Å². The summed E-state index contributed by atoms with van der Waals surface area (Å²) in [5.41, 5.74) is 8.90. The van der Waals surface area contributed by atoms with E-state index in [2.05, 4.69) is 32.1 Å². The van der Waals surface area contributed by atoms with Crippen LogP contribution in [0.4, 0.5) is 15.8 Å². The summed E-state index contributed by atoms with van der Waals surface area (Å²) in [7, 11) is 1.92. The number of fused-ring (bicyclic) bond motifs is 2. The predicted octanol–water partition coefficient (Wildman–Crippen LogP) is 2.84. The van der Waals surface area contributed by atoms with Gasteiger partial charge in [0.2, 0.25) is 0 Å². The molecule has 0 atom stereocenters. The van der Waals surface area contributed by atoms with Gasteiger partial charge >= 0.3 is 0 Å². The summed E-state index contributed by atoms with van der Waals surface area (Å²) in [6, 6.07) is 10.4. The molecule has 0 radical (unpaired) electrons. The number of rotatable bonds is 6. The molecular weight excluding hydrogens is 371 g/mol. The zero-order valence-corrected chi connectivity index (χ0v) is 16.3. The standard InChI is InChI=1S/C21H23FN6O/c1-3-28(10-9-24-2)12-7-8-14-16(11-12)26-20(25-14)18-19(23)17-13(22)5-4-6-15(17)27-21(18)29/h4-8,11,24H,3,9-10H2,1-2H3,(H,25,26)(H3,23,27,29). The zero-order chi connectivity index (χ0) is 20.5. The molecule has 29 heavy (non-hydrogen) atoms. The highest BCUT2D eigenvalue weighted by Gasteiger charge is 2.18. The van der Waals surface area contributed by atoms with Gasteiger partial charge in [-0.05, 0) is 44.3 Å². The lowest BCUT2D eigenvalue weighted by molar-refractivity contribution is 0.640. The van der Waals surface area contributed by atoms with Crippen LogP contribution >= 0.6 is 0 Å². The lowest BCUT2D eigenvalue weighted by atomic mass is 10.1. The van der Waals surface area contributed by atoms with Gasteiger partial charge in [-0.2, -0.15) is 0 Å². The first-order valence-corrected chi connectivity index (χ1v) is 9.53. The van der Waals surface area contributed by atoms with Crippen molar-refractivity contribution >= 4 is 33.3 Å². The number of halogens is 1. The number of imidazole rings is 1. The van der Waals surface area contributed by atoms with Crippen LogP contribution in [-0.4, -0.2) is 41.6 Å². The predicted molar refractivity (Wildman–Crippen MR) is 116 cm³/mol. The maximum absolute atomic E-state index is 14.3. The van der Waals surface area contributed by atoms with Gasteiger partial charge in [0, 0.05) is 25.3 Å². The topological polar surface area (TPSA) is 103 Å². The average molecular weight is 394 g/mol. The molecule has 0 aliphatic carbocycles. The number of aromatic nitrogens is 3. The lowest BCUT2D eigenvalue weighted by Crippen LogP contribution is -2.30. The van der Waals surface area contributed by atoms with Gasteiger partial charge < -0.3 is 25.9 Å². The number of likely N-dealkylation sites (N-methyl/N-ethyl adjacent to an activating group) is 2. The molecule has 0 saturated heterocycles. The molecule has 8 heteroatoms. The maximum atomic E-state index is 14.3. The first kappa shape index (κ1) is 18.9. The molecule has 0 saturated carbocycles. The Hall–Kier alpha value is -3.39. The van der Waals surface area contributed by atoms with Crippen molar-refractivity contribution in [3.8, 4) is 11.4 Å². The van der Waals surface area contributed by atoms with Gasteiger partial charge in [-0.15, -0.1) is 0 Å². The molecular formula is C21H23FN6O. The largest absolute Gasteiger partial charge is 0.397 e. The lowest BCUT2D eigenvalue weighted by Gasteiger charge is -2.22. The van der Waals surface area contributed by atoms with Crippen molar-refractivity contribution in [2.75, 3.05) is 37.3 Å². The highest BCUT2D eigenvalue weighted by atomic mass is 19.1. The van der Waals surface area contributed by atoms with Crippen LogP contribution in [0.1, 0.15) is 6.92 Å². The van der Waals surface area contributed by atoms with E-state index in [0.29, 0.717) is 16.9 Å². The van der Waals surface area contributed by atoms with Crippen LogP contribution in [-0.2, 0) is 0 Å². The smallest absolute Gasteiger partial charge is 0.261 e. The van der Waals surface area contributed by atoms with Crippen LogP contribution in [0, 0.1) is 5.82 Å². The second kappa shape index (κ2) is 7.56. The summed E-state index contributed by atoms with van der Waals surface area (Å²) in [6.07, 6.45) is 0. The van der Waals surface area contributed by atoms with Crippen LogP contribution in [0.2, 0.25) is 0 Å². The minimum absolute atomic E-state index is 0.0744. The van der Waals surface area contributed by atoms with Crippen LogP contribution in [0.5, 0.6) is 0 Å². The van der Waals surface area contributed by atoms with Crippen LogP contribution in [0.25, 0.3) is 33.3 Å². The van der Waals surface area contributed by atoms with Crippen molar-refractivity contribution in [2.24, 2.45) is 0 Å². The number of benzene rings is 2. The minimum Gasteiger partial charge on any atom is -0.397 e. The molecule has 0 bridgehead atoms. The van der Waals surface area contributed by atoms with E-state index in [4.69, 9.17) is 5.73 Å². The van der Waals surface area contributed by atoms with Gasteiger partial charge in [0.25, 0.3) is 5.56 Å². The maximum Gasteiger partial charge on any atom is 0.261 e. The van der Waals surface area contributed by atoms with E-state index in [1.807, 2.05) is 25.2 Å². The summed E-state index contributed by atoms with van der Waals surface area (Å²) < 4.78 is 14.3. The Morgan fingerprint density at radius 3 is 2.79 bits per heavy atom.